The third-order valence-electron chi connectivity index (χ3n) is 21.9. The molecule has 0 amide bonds. The van der Waals surface area contributed by atoms with Crippen LogP contribution in [0.2, 0.25) is 10.8 Å². The Balaban J connectivity index is 0.000000681. The van der Waals surface area contributed by atoms with Crippen LogP contribution in [-0.4, -0.2) is 4.70 Å². The summed E-state index contributed by atoms with van der Waals surface area (Å²) in [5.41, 5.74) is 21.8. The fourth-order valence-corrected chi connectivity index (χ4v) is 16.5. The van der Waals surface area contributed by atoms with Gasteiger partial charge in [-0.2, -0.15) is 0 Å². The molecule has 2 aromatic rings. The van der Waals surface area contributed by atoms with E-state index in [-0.39, 0.29) is 0 Å². The van der Waals surface area contributed by atoms with E-state index in [0.29, 0.717) is 0 Å². The number of hydrogen-bond acceptors (Lipinski definition) is 0. The van der Waals surface area contributed by atoms with Crippen LogP contribution in [0.4, 0.5) is 0 Å². The monoisotopic (exact) mass is 1420 g/mol. The van der Waals surface area contributed by atoms with E-state index in [9.17, 15) is 5.53 Å². The first-order valence-corrected chi connectivity index (χ1v) is 47.0. The van der Waals surface area contributed by atoms with Gasteiger partial charge in [-0.05, 0) is 80.7 Å². The molecule has 3 rings (SSSR count). The summed E-state index contributed by atoms with van der Waals surface area (Å²) in [6.45, 7) is 13.7. The first-order valence-electron chi connectivity index (χ1n) is 45.6. The Morgan fingerprint density at radius 2 is 0.540 bits per heavy atom. The molecule has 100 heavy (non-hydrogen) atoms. The predicted octanol–water partition coefficient (Wildman–Crippen LogP) is 34.9. The summed E-state index contributed by atoms with van der Waals surface area (Å²) in [7, 11) is 0. The van der Waals surface area contributed by atoms with Gasteiger partial charge in [-0.3, -0.25) is 0 Å². The zero-order chi connectivity index (χ0) is 71.6. The number of rotatable bonds is 74. The fraction of sp³-hybridized carbons (Fsp3) is 0.814. The molecule has 0 atom stereocenters. The second kappa shape index (κ2) is 74.8. The molecule has 2 aromatic carbocycles. The summed E-state index contributed by atoms with van der Waals surface area (Å²) in [5.74, 6) is 6.97. The Morgan fingerprint density at radius 1 is 0.260 bits per heavy atom. The van der Waals surface area contributed by atoms with Crippen LogP contribution in [-0.2, 0) is 27.3 Å². The van der Waals surface area contributed by atoms with Gasteiger partial charge in [0.2, 0.25) is 11.4 Å². The summed E-state index contributed by atoms with van der Waals surface area (Å²) in [6.07, 6.45) is 98.7. The number of allylic oxidation sites excluding steroid dienone is 2. The van der Waals surface area contributed by atoms with Gasteiger partial charge in [-0.25, -0.2) is 4.70 Å². The fourth-order valence-electron chi connectivity index (χ4n) is 15.2. The van der Waals surface area contributed by atoms with Gasteiger partial charge in [0.1, 0.15) is 0 Å². The molecule has 3 heteroatoms. The third kappa shape index (κ3) is 54.2. The Kier molecular flexibility index (Phi) is 70.1. The van der Waals surface area contributed by atoms with Crippen molar-refractivity contribution in [3.8, 4) is 11.8 Å². The van der Waals surface area contributed by atoms with Gasteiger partial charge in [0, 0.05) is 35.1 Å². The zero-order valence-electron chi connectivity index (χ0n) is 68.4. The average Bonchev–Trinajstić information content (AvgIpc) is 1.59. The maximum atomic E-state index is 12.1. The summed E-state index contributed by atoms with van der Waals surface area (Å²) < 4.78 is 1.57. The van der Waals surface area contributed by atoms with E-state index in [1.54, 1.807) is 4.70 Å². The van der Waals surface area contributed by atoms with Gasteiger partial charge in [0.25, 0.3) is 0 Å². The summed E-state index contributed by atoms with van der Waals surface area (Å²) in [4.78, 5) is 0. The van der Waals surface area contributed by atoms with Crippen molar-refractivity contribution >= 4 is 11.4 Å². The van der Waals surface area contributed by atoms with E-state index in [4.69, 9.17) is 0 Å². The molecular formula is C97H172N2Ni. The average molecular weight is 1430 g/mol. The van der Waals surface area contributed by atoms with Crippen molar-refractivity contribution in [1.29, 1.82) is 0 Å². The Morgan fingerprint density at radius 3 is 0.880 bits per heavy atom. The van der Waals surface area contributed by atoms with Crippen LogP contribution in [0.3, 0.4) is 0 Å². The van der Waals surface area contributed by atoms with Crippen LogP contribution in [0.5, 0.6) is 0 Å². The first kappa shape index (κ1) is 93.7. The van der Waals surface area contributed by atoms with Crippen LogP contribution in [0.1, 0.15) is 507 Å². The van der Waals surface area contributed by atoms with E-state index in [1.165, 1.54) is 430 Å². The van der Waals surface area contributed by atoms with Gasteiger partial charge < -0.3 is 5.53 Å². The molecule has 0 N–H and O–H groups in total. The van der Waals surface area contributed by atoms with E-state index < -0.39 is 0 Å². The van der Waals surface area contributed by atoms with E-state index in [1.807, 2.05) is 0 Å². The predicted molar refractivity (Wildman–Crippen MR) is 448 cm³/mol. The quantitative estimate of drug-likeness (QED) is 0.0273. The molecule has 580 valence electrons. The minimum Gasteiger partial charge on any atom is -0.0654 e. The SMILES string of the molecule is CCCCCCCCCCCCCC#CCCc1ccccc1C1=C(CCCC)C(CCCC)=C(c2ccc(CCCCCCCC)cc2)[N+]1=[N-].CCCCCCCCCCCCCCCCCCCCCCC[CH2][Ni][CH2]CCCCCCCCCCCCCCCCCCCCCCC. The normalized spacial score (nSPS) is 12.4. The van der Waals surface area contributed by atoms with Crippen LogP contribution < -0.4 is 0 Å². The molecule has 1 heterocycles. The number of nitrogens with zero attached hydrogens (tertiary/aromatic N) is 2. The van der Waals surface area contributed by atoms with Crippen LogP contribution in [0.15, 0.2) is 59.7 Å². The summed E-state index contributed by atoms with van der Waals surface area (Å²) >= 11 is 2.05. The molecule has 0 aromatic heterocycles. The Bertz CT molecular complexity index is 2140. The topological polar surface area (TPSA) is 25.3 Å². The van der Waals surface area contributed by atoms with Gasteiger partial charge in [-0.15, -0.1) is 11.8 Å². The van der Waals surface area contributed by atoms with Crippen molar-refractivity contribution in [1.82, 2.24) is 0 Å². The van der Waals surface area contributed by atoms with E-state index in [0.717, 1.165) is 81.2 Å². The molecule has 1 aliphatic heterocycles. The molecule has 2 nitrogen and oxygen atoms in total. The third-order valence-corrected chi connectivity index (χ3v) is 23.3. The van der Waals surface area contributed by atoms with Crippen molar-refractivity contribution in [3.63, 3.8) is 0 Å². The van der Waals surface area contributed by atoms with Crippen molar-refractivity contribution in [2.75, 3.05) is 0 Å². The molecular weight excluding hydrogens is 1250 g/mol. The second-order valence-electron chi connectivity index (χ2n) is 31.5. The van der Waals surface area contributed by atoms with Gasteiger partial charge in [0.15, 0.2) is 0 Å². The van der Waals surface area contributed by atoms with Crippen LogP contribution in [0, 0.1) is 11.8 Å². The molecule has 0 bridgehead atoms. The number of unbranched alkanes of at least 4 members (excludes halogenated alkanes) is 60. The Labute approximate surface area is 634 Å². The summed E-state index contributed by atoms with van der Waals surface area (Å²) in [6, 6.07) is 17.9. The zero-order valence-corrected chi connectivity index (χ0v) is 69.4. The molecule has 0 saturated heterocycles. The van der Waals surface area contributed by atoms with Crippen LogP contribution in [0.25, 0.3) is 16.9 Å². The standard InChI is InChI=1S/C49H74N2.2C24H49.Ni/c1-5-9-13-15-17-18-19-20-21-22-23-24-25-27-29-33-43-34-30-31-37-45(43)49-47(36-12-8-4)46(35-11-7-3)48(51(49)50)44-40-38-42(39-41-44)32-28-26-16-14-10-6-2;2*1-3-5-7-9-11-13-15-17-19-21-23-24-22-20-18-16-14-12-10-8-6-4-2;/h30-31,34,37-41H,5-24,26,28-29,32-33,35-36H2,1-4H3;2*1,3-24H2,2H3;. The van der Waals surface area contributed by atoms with Crippen molar-refractivity contribution in [2.45, 2.75) is 508 Å². The van der Waals surface area contributed by atoms with Crippen molar-refractivity contribution in [2.24, 2.45) is 0 Å². The summed E-state index contributed by atoms with van der Waals surface area (Å²) in [5, 5.41) is 2.87. The van der Waals surface area contributed by atoms with Crippen molar-refractivity contribution in [3.05, 3.63) is 87.5 Å². The number of hydrogen-bond donors (Lipinski definition) is 0. The minimum absolute atomic E-state index is 0.862. The second-order valence-corrected chi connectivity index (χ2v) is 33.0. The molecule has 0 fully saturated rings. The van der Waals surface area contributed by atoms with Crippen molar-refractivity contribution < 1.29 is 19.1 Å². The maximum absolute atomic E-state index is 12.1. The minimum atomic E-state index is 0.862. The smallest absolute Gasteiger partial charge is 0.0654 e. The van der Waals surface area contributed by atoms with Gasteiger partial charge >= 0.3 is 166 Å². The van der Waals surface area contributed by atoms with E-state index in [2.05, 4.69) is 116 Å². The number of benzene rings is 2. The molecule has 0 unspecified atom stereocenters. The first-order chi connectivity index (χ1) is 49.6. The Hall–Kier alpha value is -2.43. The molecule has 0 aliphatic carbocycles. The van der Waals surface area contributed by atoms with Gasteiger partial charge in [-0.1, -0.05) is 322 Å². The van der Waals surface area contributed by atoms with Gasteiger partial charge in [0.05, 0.1) is 0 Å². The molecule has 0 spiro atoms. The molecule has 1 aliphatic rings. The van der Waals surface area contributed by atoms with E-state index >= 15 is 0 Å². The number of aryl methyl sites for hydroxylation is 2. The molecule has 0 saturated carbocycles. The van der Waals surface area contributed by atoms with Crippen LogP contribution >= 0.6 is 0 Å². The molecule has 0 radical (unpaired) electrons.